The van der Waals surface area contributed by atoms with Gasteiger partial charge in [-0.3, -0.25) is 4.55 Å². The highest BCUT2D eigenvalue weighted by molar-refractivity contribution is 9.09. The van der Waals surface area contributed by atoms with E-state index in [1.165, 1.54) is 11.3 Å². The van der Waals surface area contributed by atoms with Crippen LogP contribution in [-0.2, 0) is 11.3 Å². The molecule has 3 N–H and O–H groups in total. The molecule has 0 fully saturated rings. The molecule has 24 heavy (non-hydrogen) atoms. The SMILES string of the molecule is C[Si](C)(C)Oc1c(C(Br)CCNS(=O)O)oc(-c2nccs2)c1O. The molecule has 2 atom stereocenters. The molecule has 2 heterocycles. The summed E-state index contributed by atoms with van der Waals surface area (Å²) >= 11 is 2.79. The first-order valence-corrected chi connectivity index (χ1v) is 13.4. The molecule has 2 aromatic heterocycles. The van der Waals surface area contributed by atoms with Crippen molar-refractivity contribution in [1.82, 2.24) is 9.71 Å². The van der Waals surface area contributed by atoms with Crippen LogP contribution >= 0.6 is 27.3 Å². The Labute approximate surface area is 156 Å². The van der Waals surface area contributed by atoms with Crippen LogP contribution in [0.1, 0.15) is 17.0 Å². The summed E-state index contributed by atoms with van der Waals surface area (Å²) in [7, 11) is -1.99. The van der Waals surface area contributed by atoms with Gasteiger partial charge in [-0.15, -0.1) is 11.3 Å². The zero-order chi connectivity index (χ0) is 17.9. The van der Waals surface area contributed by atoms with Gasteiger partial charge in [0, 0.05) is 18.1 Å². The van der Waals surface area contributed by atoms with Crippen molar-refractivity contribution in [3.63, 3.8) is 0 Å². The van der Waals surface area contributed by atoms with Crippen molar-refractivity contribution >= 4 is 46.9 Å². The van der Waals surface area contributed by atoms with Gasteiger partial charge in [0.1, 0.15) is 0 Å². The molecule has 0 aliphatic carbocycles. The maximum Gasteiger partial charge on any atom is 0.242 e. The maximum absolute atomic E-state index is 10.7. The summed E-state index contributed by atoms with van der Waals surface area (Å²) in [4.78, 5) is 3.87. The van der Waals surface area contributed by atoms with Crippen molar-refractivity contribution in [3.05, 3.63) is 17.3 Å². The number of thiazole rings is 1. The van der Waals surface area contributed by atoms with Gasteiger partial charge < -0.3 is 13.9 Å². The number of furan rings is 1. The minimum atomic E-state index is -2.07. The molecule has 0 aromatic carbocycles. The highest BCUT2D eigenvalue weighted by Crippen LogP contribution is 2.49. The molecule has 0 radical (unpaired) electrons. The van der Waals surface area contributed by atoms with Crippen molar-refractivity contribution in [2.75, 3.05) is 6.54 Å². The number of nitrogens with zero attached hydrogens (tertiary/aromatic N) is 1. The lowest BCUT2D eigenvalue weighted by Crippen LogP contribution is -2.29. The lowest BCUT2D eigenvalue weighted by Gasteiger charge is -2.20. The number of aromatic nitrogens is 1. The average molecular weight is 455 g/mol. The molecule has 0 bridgehead atoms. The predicted octanol–water partition coefficient (Wildman–Crippen LogP) is 3.87. The van der Waals surface area contributed by atoms with Crippen LogP contribution in [0.25, 0.3) is 10.8 Å². The van der Waals surface area contributed by atoms with E-state index in [0.717, 1.165) is 0 Å². The highest BCUT2D eigenvalue weighted by atomic mass is 79.9. The van der Waals surface area contributed by atoms with Crippen LogP contribution in [0.4, 0.5) is 0 Å². The Kier molecular flexibility index (Phi) is 6.62. The fourth-order valence-electron chi connectivity index (χ4n) is 1.92. The van der Waals surface area contributed by atoms with Crippen LogP contribution in [0.2, 0.25) is 19.6 Å². The van der Waals surface area contributed by atoms with Crippen molar-refractivity contribution < 1.29 is 22.7 Å². The monoisotopic (exact) mass is 454 g/mol. The Hall–Kier alpha value is -0.723. The Bertz CT molecular complexity index is 702. The maximum atomic E-state index is 10.7. The van der Waals surface area contributed by atoms with Gasteiger partial charge >= 0.3 is 0 Å². The Balaban J connectivity index is 2.33. The quantitative estimate of drug-likeness (QED) is 0.317. The number of hydrogen-bond donors (Lipinski definition) is 3. The highest BCUT2D eigenvalue weighted by Gasteiger charge is 2.31. The lowest BCUT2D eigenvalue weighted by molar-refractivity contribution is 0.438. The van der Waals surface area contributed by atoms with Crippen LogP contribution < -0.4 is 9.15 Å². The van der Waals surface area contributed by atoms with Gasteiger partial charge in [-0.1, -0.05) is 15.9 Å². The molecule has 11 heteroatoms. The number of aromatic hydroxyl groups is 1. The largest absolute Gasteiger partial charge is 0.539 e. The molecule has 2 unspecified atom stereocenters. The molecule has 0 spiro atoms. The molecule has 2 aromatic rings. The van der Waals surface area contributed by atoms with Gasteiger partial charge in [-0.25, -0.2) is 13.9 Å². The fraction of sp³-hybridized carbons (Fsp3) is 0.462. The van der Waals surface area contributed by atoms with Crippen molar-refractivity contribution in [3.8, 4) is 22.3 Å². The molecule has 0 aliphatic rings. The third kappa shape index (κ3) is 5.13. The minimum Gasteiger partial charge on any atom is -0.539 e. The molecular formula is C13H19BrN2O5S2Si. The second-order valence-electron chi connectivity index (χ2n) is 5.92. The van der Waals surface area contributed by atoms with E-state index in [9.17, 15) is 9.32 Å². The number of halogens is 1. The summed E-state index contributed by atoms with van der Waals surface area (Å²) in [5, 5.41) is 12.9. The van der Waals surface area contributed by atoms with Gasteiger partial charge in [0.15, 0.2) is 16.5 Å². The topological polar surface area (TPSA) is 105 Å². The molecule has 134 valence electrons. The summed E-state index contributed by atoms with van der Waals surface area (Å²) < 4.78 is 33.7. The summed E-state index contributed by atoms with van der Waals surface area (Å²) in [6.45, 7) is 6.31. The molecule has 7 nitrogen and oxygen atoms in total. The van der Waals surface area contributed by atoms with E-state index >= 15 is 0 Å². The van der Waals surface area contributed by atoms with Gasteiger partial charge in [0.25, 0.3) is 0 Å². The van der Waals surface area contributed by atoms with Crippen molar-refractivity contribution in [2.45, 2.75) is 30.9 Å². The standard InChI is InChI=1S/C13H19BrN2O5S2Si/c1-24(2,3)21-11-9(17)12(13-15-6-7-22-13)20-10(11)8(14)4-5-16-23(18)19/h6-8,16-17H,4-5H2,1-3H3,(H,18,19). The molecular weight excluding hydrogens is 436 g/mol. The minimum absolute atomic E-state index is 0.0643. The van der Waals surface area contributed by atoms with Crippen LogP contribution in [0, 0.1) is 0 Å². The number of nitrogens with one attached hydrogen (secondary N) is 1. The van der Waals surface area contributed by atoms with E-state index in [2.05, 4.69) is 25.6 Å². The predicted molar refractivity (Wildman–Crippen MR) is 101 cm³/mol. The van der Waals surface area contributed by atoms with E-state index in [4.69, 9.17) is 13.4 Å². The Morgan fingerprint density at radius 2 is 2.25 bits per heavy atom. The second kappa shape index (κ2) is 8.10. The van der Waals surface area contributed by atoms with E-state index in [1.54, 1.807) is 11.6 Å². The first-order chi connectivity index (χ1) is 11.2. The van der Waals surface area contributed by atoms with Crippen LogP contribution in [0.5, 0.6) is 11.5 Å². The van der Waals surface area contributed by atoms with E-state index in [0.29, 0.717) is 29.5 Å². The molecule has 2 rings (SSSR count). The third-order valence-corrected chi connectivity index (χ3v) is 5.72. The van der Waals surface area contributed by atoms with Crippen molar-refractivity contribution in [2.24, 2.45) is 0 Å². The summed E-state index contributed by atoms with van der Waals surface area (Å²) in [6.07, 6.45) is 2.10. The molecule has 0 aliphatic heterocycles. The van der Waals surface area contributed by atoms with Gasteiger partial charge in [0.2, 0.25) is 31.1 Å². The van der Waals surface area contributed by atoms with E-state index in [1.807, 2.05) is 19.6 Å². The summed E-state index contributed by atoms with van der Waals surface area (Å²) in [6, 6.07) is 0. The first kappa shape index (κ1) is 19.6. The van der Waals surface area contributed by atoms with Gasteiger partial charge in [-0.2, -0.15) is 0 Å². The number of rotatable bonds is 8. The normalized spacial score (nSPS) is 14.5. The molecule has 0 amide bonds. The summed E-state index contributed by atoms with van der Waals surface area (Å²) in [5.74, 6) is 0.971. The molecule has 0 saturated heterocycles. The van der Waals surface area contributed by atoms with Gasteiger partial charge in [-0.05, 0) is 26.1 Å². The Morgan fingerprint density at radius 1 is 1.54 bits per heavy atom. The number of hydrogen-bond acceptors (Lipinski definition) is 6. The Morgan fingerprint density at radius 3 is 2.79 bits per heavy atom. The lowest BCUT2D eigenvalue weighted by atomic mass is 10.2. The number of alkyl halides is 1. The zero-order valence-corrected chi connectivity index (χ0v) is 17.6. The smallest absolute Gasteiger partial charge is 0.242 e. The molecule has 0 saturated carbocycles. The fourth-order valence-corrected chi connectivity index (χ4v) is 4.17. The van der Waals surface area contributed by atoms with Gasteiger partial charge in [0.05, 0.1) is 4.83 Å². The average Bonchev–Trinajstić information content (AvgIpc) is 3.06. The summed E-state index contributed by atoms with van der Waals surface area (Å²) in [5.41, 5.74) is 0. The second-order valence-corrected chi connectivity index (χ2v) is 13.1. The zero-order valence-electron chi connectivity index (χ0n) is 13.4. The van der Waals surface area contributed by atoms with Crippen LogP contribution in [0.15, 0.2) is 16.0 Å². The van der Waals surface area contributed by atoms with E-state index < -0.39 is 19.6 Å². The van der Waals surface area contributed by atoms with Crippen LogP contribution in [0.3, 0.4) is 0 Å². The van der Waals surface area contributed by atoms with E-state index in [-0.39, 0.29) is 16.3 Å². The van der Waals surface area contributed by atoms with Crippen LogP contribution in [-0.4, -0.2) is 33.7 Å². The third-order valence-electron chi connectivity index (χ3n) is 2.81. The first-order valence-electron chi connectivity index (χ1n) is 7.12. The van der Waals surface area contributed by atoms with Crippen molar-refractivity contribution in [1.29, 1.82) is 0 Å².